The van der Waals surface area contributed by atoms with E-state index in [1.54, 1.807) is 13.3 Å². The Labute approximate surface area is 154 Å². The lowest BCUT2D eigenvalue weighted by atomic mass is 9.74. The molecular weight excluding hydrogens is 326 g/mol. The number of ether oxygens (including phenoxy) is 1. The molecule has 0 aliphatic rings. The predicted octanol–water partition coefficient (Wildman–Crippen LogP) is 3.61. The normalized spacial score (nSPS) is 14.7. The highest BCUT2D eigenvalue weighted by molar-refractivity contribution is 5.37. The Balaban J connectivity index is 2.06. The van der Waals surface area contributed by atoms with Crippen LogP contribution in [0.1, 0.15) is 54.1 Å². The van der Waals surface area contributed by atoms with Gasteiger partial charge in [-0.2, -0.15) is 5.10 Å². The van der Waals surface area contributed by atoms with Crippen molar-refractivity contribution in [3.63, 3.8) is 0 Å². The molecule has 0 spiro atoms. The summed E-state index contributed by atoms with van der Waals surface area (Å²) in [6.45, 7) is 6.35. The van der Waals surface area contributed by atoms with E-state index < -0.39 is 0 Å². The van der Waals surface area contributed by atoms with Gasteiger partial charge in [0.1, 0.15) is 11.6 Å². The Kier molecular flexibility index (Phi) is 5.30. The van der Waals surface area contributed by atoms with Crippen molar-refractivity contribution in [3.8, 4) is 5.75 Å². The second kappa shape index (κ2) is 7.64. The molecule has 3 heterocycles. The quantitative estimate of drug-likeness (QED) is 0.679. The maximum absolute atomic E-state index is 5.55. The number of pyridine rings is 1. The minimum atomic E-state index is 0.177. The van der Waals surface area contributed by atoms with Crippen LogP contribution in [-0.4, -0.2) is 31.8 Å². The number of aromatic nitrogens is 5. The zero-order valence-electron chi connectivity index (χ0n) is 15.9. The van der Waals surface area contributed by atoms with E-state index in [-0.39, 0.29) is 17.8 Å². The van der Waals surface area contributed by atoms with Crippen LogP contribution in [0.3, 0.4) is 0 Å². The van der Waals surface area contributed by atoms with Crippen LogP contribution in [0, 0.1) is 6.92 Å². The first-order valence-electron chi connectivity index (χ1n) is 8.76. The van der Waals surface area contributed by atoms with Crippen LogP contribution in [0.5, 0.6) is 5.75 Å². The van der Waals surface area contributed by atoms with Crippen LogP contribution in [0.4, 0.5) is 0 Å². The van der Waals surface area contributed by atoms with E-state index in [1.165, 1.54) is 5.56 Å². The van der Waals surface area contributed by atoms with Crippen LogP contribution < -0.4 is 4.74 Å². The van der Waals surface area contributed by atoms with Gasteiger partial charge < -0.3 is 4.74 Å². The van der Waals surface area contributed by atoms with Gasteiger partial charge in [-0.05, 0) is 36.0 Å². The van der Waals surface area contributed by atoms with Crippen molar-refractivity contribution in [2.45, 2.75) is 38.5 Å². The van der Waals surface area contributed by atoms with E-state index >= 15 is 0 Å². The van der Waals surface area contributed by atoms with Gasteiger partial charge in [-0.25, -0.2) is 9.97 Å². The van der Waals surface area contributed by atoms with Gasteiger partial charge in [0.15, 0.2) is 0 Å². The molecule has 0 radical (unpaired) electrons. The lowest BCUT2D eigenvalue weighted by Gasteiger charge is -2.30. The maximum atomic E-state index is 5.55. The average molecular weight is 351 g/mol. The van der Waals surface area contributed by atoms with Gasteiger partial charge in [0.25, 0.3) is 0 Å². The summed E-state index contributed by atoms with van der Waals surface area (Å²) in [7, 11) is 3.62. The molecule has 0 bridgehead atoms. The number of hydrogen-bond acceptors (Lipinski definition) is 5. The summed E-state index contributed by atoms with van der Waals surface area (Å²) in [5.74, 6) is 2.18. The minimum absolute atomic E-state index is 0.177. The van der Waals surface area contributed by atoms with Gasteiger partial charge in [0, 0.05) is 43.3 Å². The highest BCUT2D eigenvalue weighted by Crippen LogP contribution is 2.44. The van der Waals surface area contributed by atoms with Gasteiger partial charge in [0.05, 0.1) is 19.5 Å². The topological polar surface area (TPSA) is 65.7 Å². The smallest absolute Gasteiger partial charge is 0.140 e. The molecule has 0 aliphatic heterocycles. The lowest BCUT2D eigenvalue weighted by Crippen LogP contribution is -2.17. The average Bonchev–Trinajstić information content (AvgIpc) is 3.09. The van der Waals surface area contributed by atoms with Crippen LogP contribution in [-0.2, 0) is 7.05 Å². The molecular formula is C20H25N5O. The maximum Gasteiger partial charge on any atom is 0.140 e. The van der Waals surface area contributed by atoms with Crippen molar-refractivity contribution < 1.29 is 4.74 Å². The minimum Gasteiger partial charge on any atom is -0.495 e. The molecule has 3 aromatic rings. The molecule has 0 saturated heterocycles. The summed E-state index contributed by atoms with van der Waals surface area (Å²) in [5, 5.41) is 4.34. The summed E-state index contributed by atoms with van der Waals surface area (Å²) in [5.41, 5.74) is 3.43. The van der Waals surface area contributed by atoms with Crippen LogP contribution in [0.2, 0.25) is 0 Å². The van der Waals surface area contributed by atoms with Crippen molar-refractivity contribution in [2.75, 3.05) is 7.11 Å². The van der Waals surface area contributed by atoms with Gasteiger partial charge in [-0.3, -0.25) is 9.67 Å². The molecule has 0 N–H and O–H groups in total. The Morgan fingerprint density at radius 1 is 1.00 bits per heavy atom. The lowest BCUT2D eigenvalue weighted by molar-refractivity contribution is 0.395. The highest BCUT2D eigenvalue weighted by atomic mass is 16.5. The van der Waals surface area contributed by atoms with Gasteiger partial charge in [-0.15, -0.1) is 0 Å². The number of aryl methyl sites for hydroxylation is 2. The second-order valence-electron chi connectivity index (χ2n) is 6.73. The molecule has 26 heavy (non-hydrogen) atoms. The van der Waals surface area contributed by atoms with E-state index in [9.17, 15) is 0 Å². The molecule has 0 fully saturated rings. The highest BCUT2D eigenvalue weighted by Gasteiger charge is 2.30. The molecule has 6 heteroatoms. The van der Waals surface area contributed by atoms with Crippen molar-refractivity contribution >= 4 is 0 Å². The Bertz CT molecular complexity index is 859. The van der Waals surface area contributed by atoms with E-state index in [1.807, 2.05) is 49.5 Å². The monoisotopic (exact) mass is 351 g/mol. The Hall–Kier alpha value is -2.76. The molecule has 136 valence electrons. The van der Waals surface area contributed by atoms with Crippen molar-refractivity contribution in [1.82, 2.24) is 24.7 Å². The van der Waals surface area contributed by atoms with Gasteiger partial charge in [-0.1, -0.05) is 13.8 Å². The summed E-state index contributed by atoms with van der Waals surface area (Å²) in [4.78, 5) is 13.0. The number of hydrogen-bond donors (Lipinski definition) is 0. The number of nitrogens with zero attached hydrogens (tertiary/aromatic N) is 5. The number of methoxy groups -OCH3 is 1. The summed E-state index contributed by atoms with van der Waals surface area (Å²) in [6.07, 6.45) is 11.5. The van der Waals surface area contributed by atoms with E-state index in [4.69, 9.17) is 4.74 Å². The third-order valence-corrected chi connectivity index (χ3v) is 5.04. The first-order chi connectivity index (χ1) is 12.5. The second-order valence-corrected chi connectivity index (χ2v) is 6.73. The van der Waals surface area contributed by atoms with Crippen LogP contribution in [0.15, 0.2) is 43.2 Å². The summed E-state index contributed by atoms with van der Waals surface area (Å²) < 4.78 is 7.39. The molecule has 0 aromatic carbocycles. The predicted molar refractivity (Wildman–Crippen MR) is 100 cm³/mol. The SMILES string of the molecule is COc1cnccc1C(C)C(c1cnc(C)nc1)C(C)c1cnn(C)c1. The molecule has 3 aromatic heterocycles. The van der Waals surface area contributed by atoms with E-state index in [0.717, 1.165) is 22.7 Å². The Morgan fingerprint density at radius 3 is 2.35 bits per heavy atom. The number of rotatable bonds is 6. The zero-order valence-corrected chi connectivity index (χ0v) is 15.9. The molecule has 0 aliphatic carbocycles. The first-order valence-corrected chi connectivity index (χ1v) is 8.76. The van der Waals surface area contributed by atoms with Crippen molar-refractivity contribution in [2.24, 2.45) is 7.05 Å². The van der Waals surface area contributed by atoms with Crippen LogP contribution >= 0.6 is 0 Å². The third kappa shape index (κ3) is 3.59. The summed E-state index contributed by atoms with van der Waals surface area (Å²) in [6, 6.07) is 2.03. The van der Waals surface area contributed by atoms with Gasteiger partial charge in [0.2, 0.25) is 0 Å². The Morgan fingerprint density at radius 2 is 1.73 bits per heavy atom. The first kappa shape index (κ1) is 18.0. The fourth-order valence-electron chi connectivity index (χ4n) is 3.60. The zero-order chi connectivity index (χ0) is 18.7. The van der Waals surface area contributed by atoms with Crippen molar-refractivity contribution in [3.05, 3.63) is 65.8 Å². The largest absolute Gasteiger partial charge is 0.495 e. The fourth-order valence-corrected chi connectivity index (χ4v) is 3.60. The third-order valence-electron chi connectivity index (χ3n) is 5.04. The summed E-state index contributed by atoms with van der Waals surface area (Å²) >= 11 is 0. The molecule has 0 amide bonds. The van der Waals surface area contributed by atoms with E-state index in [2.05, 4.69) is 40.1 Å². The molecule has 3 rings (SSSR count). The molecule has 6 nitrogen and oxygen atoms in total. The molecule has 0 saturated carbocycles. The fraction of sp³-hybridized carbons (Fsp3) is 0.400. The molecule has 3 unspecified atom stereocenters. The van der Waals surface area contributed by atoms with Crippen LogP contribution in [0.25, 0.3) is 0 Å². The van der Waals surface area contributed by atoms with Crippen molar-refractivity contribution in [1.29, 1.82) is 0 Å². The standard InChI is InChI=1S/C20H25N5O/c1-13(17-10-24-25(4)12-17)20(16-8-22-15(3)23-9-16)14(2)18-6-7-21-11-19(18)26-5/h6-14,20H,1-5H3. The van der Waals surface area contributed by atoms with E-state index in [0.29, 0.717) is 0 Å². The van der Waals surface area contributed by atoms with Gasteiger partial charge >= 0.3 is 0 Å². The molecule has 3 atom stereocenters.